The molecule has 0 bridgehead atoms. The number of fused-ring (bicyclic) bond motifs is 4. The van der Waals surface area contributed by atoms with Gasteiger partial charge >= 0.3 is 6.03 Å². The summed E-state index contributed by atoms with van der Waals surface area (Å²) in [6.07, 6.45) is 1.08. The number of nitrogens with zero attached hydrogens (tertiary/aromatic N) is 3. The Morgan fingerprint density at radius 1 is 1.16 bits per heavy atom. The van der Waals surface area contributed by atoms with E-state index in [4.69, 9.17) is 0 Å². The molecule has 0 saturated carbocycles. The Morgan fingerprint density at radius 3 is 2.59 bits per heavy atom. The molecule has 2 aliphatic heterocycles. The molecule has 1 aromatic heterocycles. The summed E-state index contributed by atoms with van der Waals surface area (Å²) < 4.78 is 0.998. The fraction of sp³-hybridized carbons (Fsp3) is 0.360. The highest BCUT2D eigenvalue weighted by Gasteiger charge is 2.61. The lowest BCUT2D eigenvalue weighted by molar-refractivity contribution is -0.134. The summed E-state index contributed by atoms with van der Waals surface area (Å²) in [4.78, 5) is 36.5. The van der Waals surface area contributed by atoms with Gasteiger partial charge in [0.05, 0.1) is 0 Å². The standard InChI is InChI=1S/C25H27BrN4O2/c1-4-25-15-19-18-14-17(26)10-11-20(18)27-21(19)22(16-8-6-5-7-9-16)30(25)24(32)29(23(25)31)13-12-28(2)3/h5-11,14,22,27H,4,12-13,15H2,1-3H3. The van der Waals surface area contributed by atoms with Gasteiger partial charge in [0.2, 0.25) is 0 Å². The van der Waals surface area contributed by atoms with Gasteiger partial charge < -0.3 is 9.88 Å². The van der Waals surface area contributed by atoms with E-state index in [0.717, 1.165) is 32.2 Å². The summed E-state index contributed by atoms with van der Waals surface area (Å²) in [5.74, 6) is -0.0808. The summed E-state index contributed by atoms with van der Waals surface area (Å²) in [7, 11) is 3.91. The molecule has 3 aromatic rings. The number of urea groups is 1. The molecule has 0 aliphatic carbocycles. The number of amides is 3. The van der Waals surface area contributed by atoms with E-state index in [1.807, 2.05) is 67.2 Å². The Hall–Kier alpha value is -2.64. The Balaban J connectivity index is 1.73. The summed E-state index contributed by atoms with van der Waals surface area (Å²) in [5.41, 5.74) is 3.28. The number of nitrogens with one attached hydrogen (secondary N) is 1. The van der Waals surface area contributed by atoms with Crippen LogP contribution in [-0.4, -0.2) is 64.3 Å². The fourth-order valence-corrected chi connectivity index (χ4v) is 5.61. The molecule has 0 spiro atoms. The average molecular weight is 495 g/mol. The maximum absolute atomic E-state index is 13.9. The third-order valence-electron chi connectivity index (χ3n) is 6.91. The van der Waals surface area contributed by atoms with Gasteiger partial charge in [0.15, 0.2) is 0 Å². The second-order valence-electron chi connectivity index (χ2n) is 8.99. The van der Waals surface area contributed by atoms with Crippen molar-refractivity contribution in [2.24, 2.45) is 0 Å². The lowest BCUT2D eigenvalue weighted by atomic mass is 9.78. The number of aromatic nitrogens is 1. The maximum atomic E-state index is 13.9. The van der Waals surface area contributed by atoms with Crippen LogP contribution in [0.1, 0.15) is 36.2 Å². The van der Waals surface area contributed by atoms with Crippen molar-refractivity contribution in [1.29, 1.82) is 0 Å². The summed E-state index contributed by atoms with van der Waals surface area (Å²) >= 11 is 3.60. The molecule has 166 valence electrons. The molecule has 6 nitrogen and oxygen atoms in total. The number of aromatic amines is 1. The van der Waals surface area contributed by atoms with Gasteiger partial charge in [-0.25, -0.2) is 4.79 Å². The SMILES string of the molecule is CCC12Cc3c([nH]c4ccc(Br)cc34)C(c3ccccc3)N1C(=O)N(CCN(C)C)C2=O. The van der Waals surface area contributed by atoms with Crippen molar-refractivity contribution in [2.75, 3.05) is 27.2 Å². The van der Waals surface area contributed by atoms with E-state index in [0.29, 0.717) is 25.9 Å². The molecule has 3 amide bonds. The van der Waals surface area contributed by atoms with Crippen LogP contribution in [-0.2, 0) is 11.2 Å². The minimum atomic E-state index is -0.881. The number of H-pyrrole nitrogens is 1. The normalized spacial score (nSPS) is 22.7. The number of carbonyl (C=O) groups excluding carboxylic acids is 2. The minimum Gasteiger partial charge on any atom is -0.356 e. The van der Waals surface area contributed by atoms with Gasteiger partial charge in [-0.2, -0.15) is 0 Å². The zero-order valence-corrected chi connectivity index (χ0v) is 20.1. The van der Waals surface area contributed by atoms with Crippen LogP contribution < -0.4 is 0 Å². The molecule has 2 aromatic carbocycles. The van der Waals surface area contributed by atoms with Crippen molar-refractivity contribution in [2.45, 2.75) is 31.3 Å². The third kappa shape index (κ3) is 3.02. The molecule has 1 saturated heterocycles. The van der Waals surface area contributed by atoms with Crippen LogP contribution in [0.2, 0.25) is 0 Å². The van der Waals surface area contributed by atoms with Crippen molar-refractivity contribution < 1.29 is 9.59 Å². The predicted octanol–water partition coefficient (Wildman–Crippen LogP) is 4.55. The first kappa shape index (κ1) is 21.2. The van der Waals surface area contributed by atoms with E-state index in [2.05, 4.69) is 33.0 Å². The van der Waals surface area contributed by atoms with E-state index < -0.39 is 5.54 Å². The monoisotopic (exact) mass is 494 g/mol. The van der Waals surface area contributed by atoms with E-state index >= 15 is 0 Å². The van der Waals surface area contributed by atoms with Gasteiger partial charge in [-0.3, -0.25) is 14.6 Å². The molecule has 1 N–H and O–H groups in total. The first-order chi connectivity index (χ1) is 15.4. The van der Waals surface area contributed by atoms with Gasteiger partial charge in [-0.1, -0.05) is 53.2 Å². The molecular weight excluding hydrogens is 468 g/mol. The number of hydrogen-bond acceptors (Lipinski definition) is 3. The molecule has 2 atom stereocenters. The zero-order chi connectivity index (χ0) is 22.6. The van der Waals surface area contributed by atoms with Crippen molar-refractivity contribution in [1.82, 2.24) is 19.7 Å². The lowest BCUT2D eigenvalue weighted by Gasteiger charge is -2.44. The van der Waals surface area contributed by atoms with E-state index in [9.17, 15) is 9.59 Å². The Kier molecular flexibility index (Phi) is 5.13. The maximum Gasteiger partial charge on any atom is 0.328 e. The number of benzene rings is 2. The van der Waals surface area contributed by atoms with Crippen molar-refractivity contribution in [3.63, 3.8) is 0 Å². The van der Waals surface area contributed by atoms with E-state index in [-0.39, 0.29) is 18.0 Å². The number of hydrogen-bond donors (Lipinski definition) is 1. The van der Waals surface area contributed by atoms with Gasteiger partial charge in [0.25, 0.3) is 5.91 Å². The Bertz CT molecular complexity index is 1210. The highest BCUT2D eigenvalue weighted by Crippen LogP contribution is 2.50. The van der Waals surface area contributed by atoms with Crippen LogP contribution in [0, 0.1) is 0 Å². The zero-order valence-electron chi connectivity index (χ0n) is 18.6. The van der Waals surface area contributed by atoms with Crippen molar-refractivity contribution in [3.8, 4) is 0 Å². The fourth-order valence-electron chi connectivity index (χ4n) is 5.25. The van der Waals surface area contributed by atoms with Gasteiger partial charge in [-0.05, 0) is 49.8 Å². The van der Waals surface area contributed by atoms with Crippen molar-refractivity contribution in [3.05, 3.63) is 69.8 Å². The highest BCUT2D eigenvalue weighted by molar-refractivity contribution is 9.10. The molecule has 1 fully saturated rings. The molecule has 2 unspecified atom stereocenters. The first-order valence-electron chi connectivity index (χ1n) is 11.0. The number of carbonyl (C=O) groups is 2. The average Bonchev–Trinajstić information content (AvgIpc) is 3.24. The van der Waals surface area contributed by atoms with Crippen LogP contribution in [0.25, 0.3) is 10.9 Å². The lowest BCUT2D eigenvalue weighted by Crippen LogP contribution is -2.55. The molecule has 3 heterocycles. The summed E-state index contributed by atoms with van der Waals surface area (Å²) in [6.45, 7) is 3.05. The quantitative estimate of drug-likeness (QED) is 0.529. The Labute approximate surface area is 196 Å². The third-order valence-corrected chi connectivity index (χ3v) is 7.41. The number of halogens is 1. The second kappa shape index (κ2) is 7.74. The van der Waals surface area contributed by atoms with Gasteiger partial charge in [-0.15, -0.1) is 0 Å². The Morgan fingerprint density at radius 2 is 1.91 bits per heavy atom. The second-order valence-corrected chi connectivity index (χ2v) is 9.91. The molecule has 2 aliphatic rings. The van der Waals surface area contributed by atoms with E-state index in [1.165, 1.54) is 4.90 Å². The number of rotatable bonds is 5. The van der Waals surface area contributed by atoms with Crippen molar-refractivity contribution >= 4 is 38.8 Å². The predicted molar refractivity (Wildman–Crippen MR) is 129 cm³/mol. The molecular formula is C25H27BrN4O2. The summed E-state index contributed by atoms with van der Waals surface area (Å²) in [6, 6.07) is 15.7. The van der Waals surface area contributed by atoms with Crippen LogP contribution in [0.15, 0.2) is 53.0 Å². The van der Waals surface area contributed by atoms with Gasteiger partial charge in [0, 0.05) is 40.6 Å². The molecule has 32 heavy (non-hydrogen) atoms. The van der Waals surface area contributed by atoms with Gasteiger partial charge in [0.1, 0.15) is 11.6 Å². The first-order valence-corrected chi connectivity index (χ1v) is 11.8. The highest BCUT2D eigenvalue weighted by atomic mass is 79.9. The number of imide groups is 1. The smallest absolute Gasteiger partial charge is 0.328 e. The minimum absolute atomic E-state index is 0.0808. The van der Waals surface area contributed by atoms with Crippen LogP contribution in [0.4, 0.5) is 4.79 Å². The topological polar surface area (TPSA) is 59.7 Å². The molecule has 7 heteroatoms. The van der Waals surface area contributed by atoms with Crippen LogP contribution in [0.5, 0.6) is 0 Å². The number of likely N-dealkylation sites (N-methyl/N-ethyl adjacent to an activating group) is 1. The molecule has 0 radical (unpaired) electrons. The van der Waals surface area contributed by atoms with Crippen LogP contribution in [0.3, 0.4) is 0 Å². The molecule has 5 rings (SSSR count). The largest absolute Gasteiger partial charge is 0.356 e. The summed E-state index contributed by atoms with van der Waals surface area (Å²) in [5, 5.41) is 1.11. The van der Waals surface area contributed by atoms with E-state index in [1.54, 1.807) is 0 Å². The van der Waals surface area contributed by atoms with Crippen LogP contribution >= 0.6 is 15.9 Å².